The van der Waals surface area contributed by atoms with Crippen LogP contribution in [0.1, 0.15) is 18.1 Å². The van der Waals surface area contributed by atoms with Crippen molar-refractivity contribution in [2.24, 2.45) is 0 Å². The summed E-state index contributed by atoms with van der Waals surface area (Å²) in [5.41, 5.74) is 7.05. The zero-order chi connectivity index (χ0) is 9.97. The summed E-state index contributed by atoms with van der Waals surface area (Å²) in [7, 11) is 0. The van der Waals surface area contributed by atoms with Crippen molar-refractivity contribution >= 4 is 5.69 Å². The Morgan fingerprint density at radius 3 is 2.79 bits per heavy atom. The molecule has 2 rings (SSSR count). The Morgan fingerprint density at radius 1 is 1.36 bits per heavy atom. The maximum absolute atomic E-state index is 9.93. The molecule has 0 aromatic heterocycles. The van der Waals surface area contributed by atoms with Crippen LogP contribution in [-0.4, -0.2) is 11.7 Å². The van der Waals surface area contributed by atoms with Gasteiger partial charge in [0.1, 0.15) is 11.9 Å². The predicted octanol–water partition coefficient (Wildman–Crippen LogP) is 1.61. The summed E-state index contributed by atoms with van der Waals surface area (Å²) in [6.07, 6.45) is 2.04. The van der Waals surface area contributed by atoms with E-state index in [1.54, 1.807) is 6.07 Å². The number of para-hydroxylation sites is 1. The summed E-state index contributed by atoms with van der Waals surface area (Å²) >= 11 is 0. The molecular formula is C11H13NO2. The first-order chi connectivity index (χ1) is 6.79. The molecule has 14 heavy (non-hydrogen) atoms. The summed E-state index contributed by atoms with van der Waals surface area (Å²) in [6, 6.07) is 7.27. The van der Waals surface area contributed by atoms with Gasteiger partial charge in [0, 0.05) is 17.7 Å². The molecule has 1 heterocycles. The molecule has 0 bridgehead atoms. The Kier molecular flexibility index (Phi) is 2.41. The van der Waals surface area contributed by atoms with Gasteiger partial charge in [0.15, 0.2) is 0 Å². The van der Waals surface area contributed by atoms with E-state index in [1.807, 2.05) is 24.3 Å². The molecule has 0 radical (unpaired) electrons. The van der Waals surface area contributed by atoms with Crippen molar-refractivity contribution in [1.82, 2.24) is 0 Å². The number of hydrogen-bond donors (Lipinski definition) is 2. The van der Waals surface area contributed by atoms with Crippen molar-refractivity contribution in [3.63, 3.8) is 0 Å². The summed E-state index contributed by atoms with van der Waals surface area (Å²) in [6.45, 7) is 0.652. The van der Waals surface area contributed by atoms with Crippen LogP contribution in [-0.2, 0) is 4.74 Å². The average molecular weight is 191 g/mol. The quantitative estimate of drug-likeness (QED) is 0.698. The lowest BCUT2D eigenvalue weighted by molar-refractivity contribution is 0.119. The number of aliphatic hydroxyl groups is 1. The zero-order valence-electron chi connectivity index (χ0n) is 7.81. The summed E-state index contributed by atoms with van der Waals surface area (Å²) in [4.78, 5) is 0. The molecule has 1 atom stereocenters. The van der Waals surface area contributed by atoms with Crippen LogP contribution < -0.4 is 5.73 Å². The first-order valence-corrected chi connectivity index (χ1v) is 4.64. The third-order valence-electron chi connectivity index (χ3n) is 2.29. The van der Waals surface area contributed by atoms with Gasteiger partial charge in [-0.25, -0.2) is 0 Å². The highest BCUT2D eigenvalue weighted by atomic mass is 16.5. The molecule has 3 nitrogen and oxygen atoms in total. The molecule has 0 fully saturated rings. The topological polar surface area (TPSA) is 55.5 Å². The zero-order valence-corrected chi connectivity index (χ0v) is 7.81. The number of ether oxygens (including phenoxy) is 1. The second-order valence-electron chi connectivity index (χ2n) is 3.28. The largest absolute Gasteiger partial charge is 0.495 e. The van der Waals surface area contributed by atoms with Crippen molar-refractivity contribution in [1.29, 1.82) is 0 Å². The summed E-state index contributed by atoms with van der Waals surface area (Å²) in [5, 5.41) is 9.93. The smallest absolute Gasteiger partial charge is 0.138 e. The van der Waals surface area contributed by atoms with E-state index in [0.717, 1.165) is 6.42 Å². The molecule has 1 unspecified atom stereocenters. The van der Waals surface area contributed by atoms with E-state index >= 15 is 0 Å². The van der Waals surface area contributed by atoms with Crippen molar-refractivity contribution < 1.29 is 9.84 Å². The second kappa shape index (κ2) is 3.72. The highest BCUT2D eigenvalue weighted by molar-refractivity contribution is 5.49. The molecule has 3 N–H and O–H groups in total. The third-order valence-corrected chi connectivity index (χ3v) is 2.29. The molecule has 1 aliphatic heterocycles. The van der Waals surface area contributed by atoms with Crippen molar-refractivity contribution in [3.05, 3.63) is 41.7 Å². The Bertz CT molecular complexity index is 360. The number of hydrogen-bond acceptors (Lipinski definition) is 3. The number of rotatable bonds is 2. The van der Waals surface area contributed by atoms with Gasteiger partial charge in [-0.05, 0) is 12.1 Å². The maximum atomic E-state index is 9.93. The molecule has 0 amide bonds. The highest BCUT2D eigenvalue weighted by Crippen LogP contribution is 2.29. The number of nitrogen functional groups attached to an aromatic ring is 1. The van der Waals surface area contributed by atoms with Crippen LogP contribution in [0, 0.1) is 0 Å². The molecule has 74 valence electrons. The van der Waals surface area contributed by atoms with Crippen LogP contribution in [0.15, 0.2) is 36.1 Å². The second-order valence-corrected chi connectivity index (χ2v) is 3.28. The van der Waals surface area contributed by atoms with Gasteiger partial charge in [0.25, 0.3) is 0 Å². The van der Waals surface area contributed by atoms with Gasteiger partial charge in [-0.3, -0.25) is 0 Å². The molecule has 0 saturated carbocycles. The Labute approximate surface area is 82.8 Å². The molecule has 1 aromatic carbocycles. The van der Waals surface area contributed by atoms with E-state index in [-0.39, 0.29) is 0 Å². The van der Waals surface area contributed by atoms with Crippen LogP contribution in [0.3, 0.4) is 0 Å². The predicted molar refractivity (Wildman–Crippen MR) is 54.5 cm³/mol. The van der Waals surface area contributed by atoms with Crippen LogP contribution in [0.4, 0.5) is 5.69 Å². The first kappa shape index (κ1) is 9.09. The minimum absolute atomic E-state index is 0.594. The van der Waals surface area contributed by atoms with Gasteiger partial charge in [-0.1, -0.05) is 18.2 Å². The fourth-order valence-electron chi connectivity index (χ4n) is 1.54. The molecular weight excluding hydrogens is 178 g/mol. The third kappa shape index (κ3) is 1.59. The fourth-order valence-corrected chi connectivity index (χ4v) is 1.54. The van der Waals surface area contributed by atoms with E-state index in [1.165, 1.54) is 0 Å². The van der Waals surface area contributed by atoms with Crippen molar-refractivity contribution in [2.75, 3.05) is 12.3 Å². The molecule has 0 spiro atoms. The van der Waals surface area contributed by atoms with Crippen molar-refractivity contribution in [3.8, 4) is 0 Å². The van der Waals surface area contributed by atoms with Gasteiger partial charge >= 0.3 is 0 Å². The highest BCUT2D eigenvalue weighted by Gasteiger charge is 2.19. The number of nitrogens with two attached hydrogens (primary N) is 1. The van der Waals surface area contributed by atoms with Crippen LogP contribution in [0.2, 0.25) is 0 Å². The monoisotopic (exact) mass is 191 g/mol. The van der Waals surface area contributed by atoms with Crippen molar-refractivity contribution in [2.45, 2.75) is 12.5 Å². The van der Waals surface area contributed by atoms with Gasteiger partial charge in [-0.15, -0.1) is 0 Å². The first-order valence-electron chi connectivity index (χ1n) is 4.64. The van der Waals surface area contributed by atoms with Gasteiger partial charge in [0.2, 0.25) is 0 Å². The molecule has 1 aliphatic rings. The Hall–Kier alpha value is -1.48. The summed E-state index contributed by atoms with van der Waals surface area (Å²) in [5.74, 6) is 0.614. The normalized spacial score (nSPS) is 17.4. The van der Waals surface area contributed by atoms with E-state index in [2.05, 4.69) is 0 Å². The van der Waals surface area contributed by atoms with E-state index < -0.39 is 6.10 Å². The molecule has 0 saturated heterocycles. The molecule has 0 aliphatic carbocycles. The fraction of sp³-hybridized carbons (Fsp3) is 0.273. The SMILES string of the molecule is Nc1ccccc1C(O)C1=CCCO1. The number of aliphatic hydroxyl groups excluding tert-OH is 1. The van der Waals surface area contributed by atoms with E-state index in [4.69, 9.17) is 10.5 Å². The lowest BCUT2D eigenvalue weighted by Gasteiger charge is -2.14. The van der Waals surface area contributed by atoms with Gasteiger partial charge in [0.05, 0.1) is 6.61 Å². The summed E-state index contributed by atoms with van der Waals surface area (Å²) < 4.78 is 5.28. The maximum Gasteiger partial charge on any atom is 0.138 e. The van der Waals surface area contributed by atoms with Crippen LogP contribution in [0.5, 0.6) is 0 Å². The minimum atomic E-state index is -0.723. The standard InChI is InChI=1S/C11H13NO2/c12-9-5-2-1-4-8(9)11(13)10-6-3-7-14-10/h1-2,4-6,11,13H,3,7,12H2. The lowest BCUT2D eigenvalue weighted by Crippen LogP contribution is -2.05. The molecule has 1 aromatic rings. The minimum Gasteiger partial charge on any atom is -0.495 e. The number of benzene rings is 1. The van der Waals surface area contributed by atoms with Crippen LogP contribution in [0.25, 0.3) is 0 Å². The Morgan fingerprint density at radius 2 is 2.14 bits per heavy atom. The average Bonchev–Trinajstić information content (AvgIpc) is 2.70. The van der Waals surface area contributed by atoms with Crippen LogP contribution >= 0.6 is 0 Å². The van der Waals surface area contributed by atoms with E-state index in [9.17, 15) is 5.11 Å². The van der Waals surface area contributed by atoms with Gasteiger partial charge < -0.3 is 15.6 Å². The lowest BCUT2D eigenvalue weighted by atomic mass is 10.1. The van der Waals surface area contributed by atoms with E-state index in [0.29, 0.717) is 23.6 Å². The molecule has 3 heteroatoms. The number of anilines is 1. The van der Waals surface area contributed by atoms with Gasteiger partial charge in [-0.2, -0.15) is 0 Å². The Balaban J connectivity index is 2.26.